The predicted octanol–water partition coefficient (Wildman–Crippen LogP) is 8.48. The number of benzene rings is 3. The van der Waals surface area contributed by atoms with Crippen LogP contribution in [0.4, 0.5) is 17.3 Å². The van der Waals surface area contributed by atoms with Crippen LogP contribution in [0.15, 0.2) is 95.4 Å². The molecule has 1 aromatic heterocycles. The van der Waals surface area contributed by atoms with Gasteiger partial charge in [0.2, 0.25) is 0 Å². The van der Waals surface area contributed by atoms with Crippen LogP contribution in [0.1, 0.15) is 11.1 Å². The molecule has 0 spiro atoms. The van der Waals surface area contributed by atoms with Gasteiger partial charge >= 0.3 is 18.8 Å². The van der Waals surface area contributed by atoms with E-state index in [0.29, 0.717) is 0 Å². The lowest BCUT2D eigenvalue weighted by Gasteiger charge is -2.04. The molecule has 3 aromatic carbocycles. The lowest BCUT2D eigenvalue weighted by Crippen LogP contribution is -2.02. The molecule has 0 saturated heterocycles. The first-order chi connectivity index (χ1) is 14.7. The normalized spacial score (nSPS) is 10.9. The van der Waals surface area contributed by atoms with Crippen molar-refractivity contribution in [3.8, 4) is 33.8 Å². The highest BCUT2D eigenvalue weighted by molar-refractivity contribution is 6.50. The molecule has 0 aliphatic rings. The van der Waals surface area contributed by atoms with Gasteiger partial charge in [-0.05, 0) is 43.2 Å². The summed E-state index contributed by atoms with van der Waals surface area (Å²) in [5.41, 5.74) is 7.01. The summed E-state index contributed by atoms with van der Waals surface area (Å²) < 4.78 is 45.3. The molecule has 4 rings (SSSR count). The summed E-state index contributed by atoms with van der Waals surface area (Å²) >= 11 is 0. The van der Waals surface area contributed by atoms with Gasteiger partial charge in [0.15, 0.2) is 0 Å². The zero-order valence-corrected chi connectivity index (χ0v) is 17.2. The van der Waals surface area contributed by atoms with Gasteiger partial charge in [-0.25, -0.2) is 4.42 Å². The summed E-state index contributed by atoms with van der Waals surface area (Å²) in [6, 6.07) is 31.5. The van der Waals surface area contributed by atoms with Crippen LogP contribution >= 0.6 is 0 Å². The van der Waals surface area contributed by atoms with Crippen molar-refractivity contribution in [3.63, 3.8) is 0 Å². The first kappa shape index (κ1) is 22.3. The fourth-order valence-electron chi connectivity index (χ4n) is 3.18. The summed E-state index contributed by atoms with van der Waals surface area (Å²) in [5.74, 6) is 1.77. The van der Waals surface area contributed by atoms with Gasteiger partial charge in [-0.3, -0.25) is 0 Å². The van der Waals surface area contributed by atoms with Crippen LogP contribution in [0.2, 0.25) is 0 Å². The molecule has 6 heteroatoms. The number of hydrogen-bond donors (Lipinski definition) is 0. The summed E-state index contributed by atoms with van der Waals surface area (Å²) in [4.78, 5) is 0. The van der Waals surface area contributed by atoms with Crippen molar-refractivity contribution in [1.29, 1.82) is 0 Å². The maximum atomic E-state index is 9.75. The number of aryl methyl sites for hydroxylation is 2. The first-order valence-electron chi connectivity index (χ1n) is 9.75. The van der Waals surface area contributed by atoms with E-state index in [9.17, 15) is 17.3 Å². The standard InChI is InChI=1S/C25H21O.BF4/c1-18-13-14-19(2)23(15-18)25-17-22(20-9-5-3-6-10-20)16-24(26-25)21-11-7-4-8-12-21;2-1(3,4)5/h3-17H,1-2H3;/q+1;-1. The Hall–Kier alpha value is -3.41. The van der Waals surface area contributed by atoms with E-state index in [1.165, 1.54) is 16.7 Å². The van der Waals surface area contributed by atoms with E-state index in [0.717, 1.165) is 28.2 Å². The minimum Gasteiger partial charge on any atom is -0.418 e. The maximum absolute atomic E-state index is 9.75. The van der Waals surface area contributed by atoms with Crippen LogP contribution in [0.25, 0.3) is 33.8 Å². The molecule has 0 bridgehead atoms. The van der Waals surface area contributed by atoms with Gasteiger partial charge in [-0.2, -0.15) is 0 Å². The number of rotatable bonds is 3. The van der Waals surface area contributed by atoms with Crippen LogP contribution in [0.3, 0.4) is 0 Å². The fraction of sp³-hybridized carbons (Fsp3) is 0.0800. The van der Waals surface area contributed by atoms with E-state index in [1.54, 1.807) is 0 Å². The fourth-order valence-corrected chi connectivity index (χ4v) is 3.18. The Morgan fingerprint density at radius 2 is 1.10 bits per heavy atom. The summed E-state index contributed by atoms with van der Waals surface area (Å²) in [6.07, 6.45) is 0. The average Bonchev–Trinajstić information content (AvgIpc) is 2.75. The maximum Gasteiger partial charge on any atom is 0.673 e. The monoisotopic (exact) mass is 424 g/mol. The molecule has 1 heterocycles. The quantitative estimate of drug-likeness (QED) is 0.182. The van der Waals surface area contributed by atoms with E-state index in [-0.39, 0.29) is 0 Å². The minimum absolute atomic E-state index is 0.878. The topological polar surface area (TPSA) is 11.3 Å². The Bertz CT molecular complexity index is 1080. The Morgan fingerprint density at radius 1 is 0.581 bits per heavy atom. The molecule has 0 fully saturated rings. The van der Waals surface area contributed by atoms with E-state index in [1.807, 2.05) is 24.3 Å². The van der Waals surface area contributed by atoms with Crippen molar-refractivity contribution in [2.45, 2.75) is 13.8 Å². The SMILES string of the molecule is Cc1ccc(C)c(-c2cc(-c3ccccc3)cc(-c3ccccc3)[o+]2)c1.F[B-](F)(F)F. The lowest BCUT2D eigenvalue weighted by molar-refractivity contribution is 0.368. The molecule has 4 aromatic rings. The Labute approximate surface area is 179 Å². The van der Waals surface area contributed by atoms with Crippen LogP contribution in [-0.2, 0) is 0 Å². The molecule has 0 aliphatic carbocycles. The zero-order valence-electron chi connectivity index (χ0n) is 17.2. The minimum atomic E-state index is -6.00. The molecule has 0 saturated carbocycles. The largest absolute Gasteiger partial charge is 0.673 e. The Kier molecular flexibility index (Phi) is 6.90. The van der Waals surface area contributed by atoms with Crippen molar-refractivity contribution >= 4 is 7.25 Å². The highest BCUT2D eigenvalue weighted by Gasteiger charge is 2.22. The van der Waals surface area contributed by atoms with Crippen molar-refractivity contribution in [2.24, 2.45) is 0 Å². The summed E-state index contributed by atoms with van der Waals surface area (Å²) in [6.45, 7) is 4.24. The molecule has 0 N–H and O–H groups in total. The second-order valence-electron chi connectivity index (χ2n) is 7.12. The van der Waals surface area contributed by atoms with Crippen molar-refractivity contribution in [3.05, 3.63) is 102 Å². The molecular formula is C25H21BF4O. The van der Waals surface area contributed by atoms with Crippen molar-refractivity contribution in [2.75, 3.05) is 0 Å². The van der Waals surface area contributed by atoms with Crippen LogP contribution in [0.5, 0.6) is 0 Å². The molecule has 0 radical (unpaired) electrons. The Morgan fingerprint density at radius 3 is 1.68 bits per heavy atom. The summed E-state index contributed by atoms with van der Waals surface area (Å²) in [7, 11) is -6.00. The molecular weight excluding hydrogens is 403 g/mol. The van der Waals surface area contributed by atoms with Gasteiger partial charge < -0.3 is 17.3 Å². The van der Waals surface area contributed by atoms with E-state index in [2.05, 4.69) is 80.6 Å². The third kappa shape index (κ3) is 6.54. The van der Waals surface area contributed by atoms with Gasteiger partial charge in [-0.1, -0.05) is 66.2 Å². The predicted molar refractivity (Wildman–Crippen MR) is 119 cm³/mol. The molecule has 158 valence electrons. The lowest BCUT2D eigenvalue weighted by atomic mass is 9.99. The molecule has 0 amide bonds. The van der Waals surface area contributed by atoms with Gasteiger partial charge in [0, 0.05) is 5.56 Å². The highest BCUT2D eigenvalue weighted by atomic mass is 19.5. The molecule has 0 atom stereocenters. The van der Waals surface area contributed by atoms with Gasteiger partial charge in [0.25, 0.3) is 0 Å². The van der Waals surface area contributed by atoms with E-state index in [4.69, 9.17) is 4.42 Å². The average molecular weight is 424 g/mol. The van der Waals surface area contributed by atoms with Gasteiger partial charge in [0.1, 0.15) is 0 Å². The molecule has 1 nitrogen and oxygen atoms in total. The zero-order chi connectivity index (χ0) is 22.4. The van der Waals surface area contributed by atoms with Crippen LogP contribution in [-0.4, -0.2) is 7.25 Å². The van der Waals surface area contributed by atoms with Gasteiger partial charge in [0.05, 0.1) is 23.3 Å². The van der Waals surface area contributed by atoms with Crippen molar-refractivity contribution < 1.29 is 21.7 Å². The molecule has 0 aliphatic heterocycles. The first-order valence-corrected chi connectivity index (χ1v) is 9.75. The van der Waals surface area contributed by atoms with Gasteiger partial charge in [-0.15, -0.1) is 0 Å². The van der Waals surface area contributed by atoms with Crippen LogP contribution in [0, 0.1) is 13.8 Å². The summed E-state index contributed by atoms with van der Waals surface area (Å²) in [5, 5.41) is 0. The third-order valence-corrected chi connectivity index (χ3v) is 4.62. The van der Waals surface area contributed by atoms with Crippen molar-refractivity contribution in [1.82, 2.24) is 0 Å². The third-order valence-electron chi connectivity index (χ3n) is 4.62. The van der Waals surface area contributed by atoms with Crippen LogP contribution < -0.4 is 0 Å². The number of hydrogen-bond acceptors (Lipinski definition) is 0. The number of halogens is 4. The Balaban J connectivity index is 0.000000491. The highest BCUT2D eigenvalue weighted by Crippen LogP contribution is 2.34. The molecule has 31 heavy (non-hydrogen) atoms. The smallest absolute Gasteiger partial charge is 0.418 e. The van der Waals surface area contributed by atoms with E-state index < -0.39 is 7.25 Å². The second-order valence-corrected chi connectivity index (χ2v) is 7.12. The second kappa shape index (κ2) is 9.60. The molecule has 0 unspecified atom stereocenters. The van der Waals surface area contributed by atoms with E-state index >= 15 is 0 Å².